The number of piperidine rings is 2. The molecule has 2 amide bonds. The molecule has 0 unspecified atom stereocenters. The van der Waals surface area contributed by atoms with E-state index in [0.29, 0.717) is 19.0 Å². The summed E-state index contributed by atoms with van der Waals surface area (Å²) in [6.07, 6.45) is 5.08. The van der Waals surface area contributed by atoms with Gasteiger partial charge >= 0.3 is 0 Å². The third-order valence-electron chi connectivity index (χ3n) is 5.22. The summed E-state index contributed by atoms with van der Waals surface area (Å²) < 4.78 is 5.70. The van der Waals surface area contributed by atoms with Crippen molar-refractivity contribution in [2.45, 2.75) is 50.6 Å². The zero-order valence-electron chi connectivity index (χ0n) is 14.7. The molecule has 26 heavy (non-hydrogen) atoms. The van der Waals surface area contributed by atoms with Gasteiger partial charge in [0.1, 0.15) is 11.6 Å². The Morgan fingerprint density at radius 1 is 1.27 bits per heavy atom. The van der Waals surface area contributed by atoms with Gasteiger partial charge in [-0.1, -0.05) is 12.1 Å². The lowest BCUT2D eigenvalue weighted by atomic mass is 9.98. The van der Waals surface area contributed by atoms with Gasteiger partial charge in [0, 0.05) is 25.6 Å². The highest BCUT2D eigenvalue weighted by molar-refractivity contribution is 5.89. The predicted molar refractivity (Wildman–Crippen MR) is 97.6 cm³/mol. The number of hydrogen-bond acceptors (Lipinski definition) is 5. The Morgan fingerprint density at radius 2 is 2.15 bits per heavy atom. The van der Waals surface area contributed by atoms with Gasteiger partial charge in [0.05, 0.1) is 0 Å². The average Bonchev–Trinajstić information content (AvgIpc) is 3.09. The van der Waals surface area contributed by atoms with Gasteiger partial charge in [-0.3, -0.25) is 9.59 Å². The first-order valence-corrected chi connectivity index (χ1v) is 9.40. The van der Waals surface area contributed by atoms with Gasteiger partial charge in [0.25, 0.3) is 6.01 Å². The summed E-state index contributed by atoms with van der Waals surface area (Å²) in [7, 11) is 0. The first-order valence-electron chi connectivity index (χ1n) is 9.40. The van der Waals surface area contributed by atoms with Crippen LogP contribution in [0.15, 0.2) is 28.7 Å². The molecule has 138 valence electrons. The fourth-order valence-corrected chi connectivity index (χ4v) is 3.85. The number of anilines is 1. The van der Waals surface area contributed by atoms with E-state index in [2.05, 4.69) is 15.6 Å². The zero-order valence-corrected chi connectivity index (χ0v) is 14.7. The molecular formula is C19H24N4O3. The van der Waals surface area contributed by atoms with Gasteiger partial charge < -0.3 is 20.0 Å². The Morgan fingerprint density at radius 3 is 3.00 bits per heavy atom. The molecule has 2 fully saturated rings. The summed E-state index contributed by atoms with van der Waals surface area (Å²) >= 11 is 0. The van der Waals surface area contributed by atoms with E-state index in [1.807, 2.05) is 29.2 Å². The number of likely N-dealkylation sites (tertiary alicyclic amines) is 1. The molecule has 2 aliphatic heterocycles. The van der Waals surface area contributed by atoms with Crippen LogP contribution in [-0.2, 0) is 9.59 Å². The van der Waals surface area contributed by atoms with Crippen LogP contribution < -0.4 is 10.6 Å². The van der Waals surface area contributed by atoms with Gasteiger partial charge in [-0.25, -0.2) is 0 Å². The molecule has 2 saturated heterocycles. The number of fused-ring (bicyclic) bond motifs is 1. The lowest BCUT2D eigenvalue weighted by molar-refractivity contribution is -0.140. The second kappa shape index (κ2) is 7.35. The van der Waals surface area contributed by atoms with E-state index in [-0.39, 0.29) is 23.9 Å². The minimum atomic E-state index is -0.374. The number of nitrogens with zero attached hydrogens (tertiary/aromatic N) is 2. The van der Waals surface area contributed by atoms with Crippen molar-refractivity contribution in [2.75, 3.05) is 18.4 Å². The van der Waals surface area contributed by atoms with Crippen LogP contribution in [0.3, 0.4) is 0 Å². The van der Waals surface area contributed by atoms with E-state index in [1.165, 1.54) is 0 Å². The number of carbonyl (C=O) groups is 2. The molecular weight excluding hydrogens is 332 g/mol. The van der Waals surface area contributed by atoms with Gasteiger partial charge in [-0.05, 0) is 44.2 Å². The molecule has 1 aromatic heterocycles. The first-order chi connectivity index (χ1) is 12.7. The van der Waals surface area contributed by atoms with Gasteiger partial charge in [0.15, 0.2) is 5.58 Å². The highest BCUT2D eigenvalue weighted by atomic mass is 16.4. The van der Waals surface area contributed by atoms with Crippen molar-refractivity contribution in [1.82, 2.24) is 15.2 Å². The van der Waals surface area contributed by atoms with E-state index in [0.717, 1.165) is 49.7 Å². The Hall–Kier alpha value is -2.57. The third-order valence-corrected chi connectivity index (χ3v) is 5.22. The minimum absolute atomic E-state index is 0.0206. The summed E-state index contributed by atoms with van der Waals surface area (Å²) in [5.74, 6) is 0.0230. The standard InChI is InChI=1S/C19H24N4O3/c24-17-10-5-8-15(21-17)18(25)23-11-4-3-6-13(23)12-20-19-22-14-7-1-2-9-16(14)26-19/h1-2,7,9,13,15H,3-6,8,10-12H2,(H,20,22)(H,21,24)/t13-,15-/m1/s1. The van der Waals surface area contributed by atoms with Crippen molar-refractivity contribution in [1.29, 1.82) is 0 Å². The molecule has 2 aromatic rings. The molecule has 0 aliphatic carbocycles. The molecule has 1 aromatic carbocycles. The molecule has 4 rings (SSSR count). The van der Waals surface area contributed by atoms with Crippen molar-refractivity contribution in [3.05, 3.63) is 24.3 Å². The summed E-state index contributed by atoms with van der Waals surface area (Å²) in [5.41, 5.74) is 1.56. The molecule has 7 nitrogen and oxygen atoms in total. The highest BCUT2D eigenvalue weighted by Crippen LogP contribution is 2.22. The first kappa shape index (κ1) is 16.9. The summed E-state index contributed by atoms with van der Waals surface area (Å²) in [6, 6.07) is 7.83. The largest absolute Gasteiger partial charge is 0.424 e. The van der Waals surface area contributed by atoms with E-state index in [4.69, 9.17) is 4.42 Å². The Balaban J connectivity index is 1.41. The zero-order chi connectivity index (χ0) is 17.9. The van der Waals surface area contributed by atoms with E-state index in [1.54, 1.807) is 0 Å². The molecule has 2 aliphatic rings. The Bertz CT molecular complexity index is 770. The maximum Gasteiger partial charge on any atom is 0.295 e. The van der Waals surface area contributed by atoms with Crippen molar-refractivity contribution in [2.24, 2.45) is 0 Å². The Labute approximate surface area is 152 Å². The molecule has 2 atom stereocenters. The lowest BCUT2D eigenvalue weighted by Crippen LogP contribution is -2.56. The normalized spacial score (nSPS) is 23.7. The maximum atomic E-state index is 12.9. The molecule has 3 heterocycles. The number of aromatic nitrogens is 1. The maximum absolute atomic E-state index is 12.9. The van der Waals surface area contributed by atoms with Crippen LogP contribution in [0.4, 0.5) is 6.01 Å². The molecule has 2 N–H and O–H groups in total. The average molecular weight is 356 g/mol. The van der Waals surface area contributed by atoms with Crippen molar-refractivity contribution in [3.63, 3.8) is 0 Å². The number of para-hydroxylation sites is 2. The lowest BCUT2D eigenvalue weighted by Gasteiger charge is -2.38. The molecule has 0 radical (unpaired) electrons. The van der Waals surface area contributed by atoms with Crippen LogP contribution in [0.5, 0.6) is 0 Å². The van der Waals surface area contributed by atoms with E-state index < -0.39 is 0 Å². The number of nitrogens with one attached hydrogen (secondary N) is 2. The van der Waals surface area contributed by atoms with Crippen molar-refractivity contribution < 1.29 is 14.0 Å². The summed E-state index contributed by atoms with van der Waals surface area (Å²) in [4.78, 5) is 30.9. The second-order valence-corrected chi connectivity index (χ2v) is 7.06. The predicted octanol–water partition coefficient (Wildman–Crippen LogP) is 2.29. The van der Waals surface area contributed by atoms with Crippen LogP contribution >= 0.6 is 0 Å². The number of benzene rings is 1. The molecule has 7 heteroatoms. The molecule has 0 bridgehead atoms. The molecule has 0 saturated carbocycles. The minimum Gasteiger partial charge on any atom is -0.424 e. The van der Waals surface area contributed by atoms with Gasteiger partial charge in [0.2, 0.25) is 11.8 Å². The third kappa shape index (κ3) is 3.52. The van der Waals surface area contributed by atoms with Crippen LogP contribution in [0, 0.1) is 0 Å². The topological polar surface area (TPSA) is 87.5 Å². The SMILES string of the molecule is O=C1CCC[C@H](C(=O)N2CCCC[C@@H]2CNc2nc3ccccc3o2)N1. The number of rotatable bonds is 4. The smallest absolute Gasteiger partial charge is 0.295 e. The van der Waals surface area contributed by atoms with E-state index in [9.17, 15) is 9.59 Å². The number of hydrogen-bond donors (Lipinski definition) is 2. The molecule has 0 spiro atoms. The van der Waals surface area contributed by atoms with Crippen LogP contribution in [-0.4, -0.2) is 46.9 Å². The highest BCUT2D eigenvalue weighted by Gasteiger charge is 2.33. The summed E-state index contributed by atoms with van der Waals surface area (Å²) in [5, 5.41) is 6.09. The van der Waals surface area contributed by atoms with Gasteiger partial charge in [-0.15, -0.1) is 0 Å². The van der Waals surface area contributed by atoms with Gasteiger partial charge in [-0.2, -0.15) is 4.98 Å². The monoisotopic (exact) mass is 356 g/mol. The Kier molecular flexibility index (Phi) is 4.77. The van der Waals surface area contributed by atoms with Crippen LogP contribution in [0.2, 0.25) is 0 Å². The van der Waals surface area contributed by atoms with E-state index >= 15 is 0 Å². The number of oxazole rings is 1. The summed E-state index contributed by atoms with van der Waals surface area (Å²) in [6.45, 7) is 1.34. The quantitative estimate of drug-likeness (QED) is 0.878. The second-order valence-electron chi connectivity index (χ2n) is 7.06. The number of carbonyl (C=O) groups excluding carboxylic acids is 2. The fourth-order valence-electron chi connectivity index (χ4n) is 3.85. The number of amides is 2. The van der Waals surface area contributed by atoms with Crippen molar-refractivity contribution in [3.8, 4) is 0 Å². The van der Waals surface area contributed by atoms with Crippen LogP contribution in [0.1, 0.15) is 38.5 Å². The van der Waals surface area contributed by atoms with Crippen LogP contribution in [0.25, 0.3) is 11.1 Å². The van der Waals surface area contributed by atoms with Crippen molar-refractivity contribution >= 4 is 28.9 Å². The fraction of sp³-hybridized carbons (Fsp3) is 0.526.